The van der Waals surface area contributed by atoms with Crippen molar-refractivity contribution in [2.75, 3.05) is 26.9 Å². The zero-order valence-electron chi connectivity index (χ0n) is 14.5. The molecule has 22 heavy (non-hydrogen) atoms. The summed E-state index contributed by atoms with van der Waals surface area (Å²) < 4.78 is 10.6. The van der Waals surface area contributed by atoms with E-state index in [9.17, 15) is 0 Å². The zero-order valence-corrected chi connectivity index (χ0v) is 14.5. The second kappa shape index (κ2) is 13.8. The molecule has 1 aromatic rings. The van der Waals surface area contributed by atoms with Gasteiger partial charge >= 0.3 is 0 Å². The van der Waals surface area contributed by atoms with Gasteiger partial charge in [0.2, 0.25) is 0 Å². The molecular weight excluding hydrogens is 272 g/mol. The predicted octanol–water partition coefficient (Wildman–Crippen LogP) is 4.99. The first-order valence-corrected chi connectivity index (χ1v) is 8.93. The van der Waals surface area contributed by atoms with Crippen LogP contribution in [-0.4, -0.2) is 26.9 Å². The van der Waals surface area contributed by atoms with E-state index >= 15 is 0 Å². The maximum absolute atomic E-state index is 5.57. The van der Waals surface area contributed by atoms with Crippen molar-refractivity contribution < 1.29 is 9.47 Å². The number of ether oxygens (including phenoxy) is 2. The molecule has 0 atom stereocenters. The number of rotatable bonds is 14. The number of aryl methyl sites for hydroxylation is 1. The van der Waals surface area contributed by atoms with Gasteiger partial charge in [0.05, 0.1) is 19.8 Å². The van der Waals surface area contributed by atoms with Crippen LogP contribution in [0.1, 0.15) is 63.0 Å². The van der Waals surface area contributed by atoms with E-state index in [1.165, 1.54) is 56.1 Å². The molecule has 125 valence electrons. The lowest BCUT2D eigenvalue weighted by atomic mass is 9.99. The van der Waals surface area contributed by atoms with Crippen LogP contribution in [0.25, 0.3) is 0 Å². The Labute approximate surface area is 137 Å². The van der Waals surface area contributed by atoms with Gasteiger partial charge in [0.25, 0.3) is 0 Å². The molecule has 0 N–H and O–H groups in total. The summed E-state index contributed by atoms with van der Waals surface area (Å²) in [7, 11) is 1.70. The molecule has 1 radical (unpaired) electrons. The molecule has 0 bridgehead atoms. The molecule has 0 amide bonds. The van der Waals surface area contributed by atoms with Crippen LogP contribution in [0.5, 0.6) is 0 Å². The summed E-state index contributed by atoms with van der Waals surface area (Å²) in [5, 5.41) is 0. The summed E-state index contributed by atoms with van der Waals surface area (Å²) in [6, 6.07) is 9.75. The van der Waals surface area contributed by atoms with E-state index in [0.29, 0.717) is 13.2 Å². The Morgan fingerprint density at radius 2 is 1.68 bits per heavy atom. The molecule has 2 heteroatoms. The number of benzene rings is 1. The second-order valence-electron chi connectivity index (χ2n) is 5.90. The first-order chi connectivity index (χ1) is 10.9. The van der Waals surface area contributed by atoms with Gasteiger partial charge in [-0.05, 0) is 36.5 Å². The molecule has 0 fully saturated rings. The van der Waals surface area contributed by atoms with E-state index < -0.39 is 0 Å². The van der Waals surface area contributed by atoms with Gasteiger partial charge in [0.15, 0.2) is 0 Å². The summed E-state index contributed by atoms with van der Waals surface area (Å²) >= 11 is 0. The fourth-order valence-electron chi connectivity index (χ4n) is 2.66. The van der Waals surface area contributed by atoms with Gasteiger partial charge in [-0.25, -0.2) is 0 Å². The summed E-state index contributed by atoms with van der Waals surface area (Å²) in [6.07, 6.45) is 11.6. The zero-order chi connectivity index (χ0) is 15.9. The minimum Gasteiger partial charge on any atom is -0.382 e. The maximum Gasteiger partial charge on any atom is 0.0700 e. The van der Waals surface area contributed by atoms with Crippen LogP contribution >= 0.6 is 0 Å². The van der Waals surface area contributed by atoms with Crippen molar-refractivity contribution >= 4 is 0 Å². The molecule has 0 saturated heterocycles. The van der Waals surface area contributed by atoms with Crippen molar-refractivity contribution in [1.29, 1.82) is 0 Å². The van der Waals surface area contributed by atoms with Crippen molar-refractivity contribution in [3.8, 4) is 0 Å². The smallest absolute Gasteiger partial charge is 0.0700 e. The number of unbranched alkanes of at least 4 members (excludes halogenated alkanes) is 6. The van der Waals surface area contributed by atoms with Gasteiger partial charge < -0.3 is 9.47 Å². The Hall–Kier alpha value is -0.860. The average Bonchev–Trinajstić information content (AvgIpc) is 2.55. The lowest BCUT2D eigenvalue weighted by Crippen LogP contribution is -2.06. The first-order valence-electron chi connectivity index (χ1n) is 8.93. The molecule has 0 spiro atoms. The number of methoxy groups -OCH3 is 1. The van der Waals surface area contributed by atoms with Crippen LogP contribution in [0.15, 0.2) is 18.2 Å². The molecule has 1 rings (SSSR count). The SMILES string of the molecule is CCCCCCCCCc1[c]cccc1CCOCCOC. The highest BCUT2D eigenvalue weighted by Gasteiger charge is 2.02. The maximum atomic E-state index is 5.57. The van der Waals surface area contributed by atoms with Crippen LogP contribution in [0.3, 0.4) is 0 Å². The third-order valence-electron chi connectivity index (χ3n) is 4.02. The molecule has 0 heterocycles. The Morgan fingerprint density at radius 3 is 2.45 bits per heavy atom. The van der Waals surface area contributed by atoms with Crippen molar-refractivity contribution in [2.24, 2.45) is 0 Å². The number of hydrogen-bond donors (Lipinski definition) is 0. The minimum atomic E-state index is 0.672. The van der Waals surface area contributed by atoms with E-state index in [2.05, 4.69) is 25.1 Å². The fourth-order valence-corrected chi connectivity index (χ4v) is 2.66. The average molecular weight is 305 g/mol. The van der Waals surface area contributed by atoms with E-state index in [1.807, 2.05) is 6.07 Å². The quantitative estimate of drug-likeness (QED) is 0.451. The van der Waals surface area contributed by atoms with E-state index in [1.54, 1.807) is 7.11 Å². The summed E-state index contributed by atoms with van der Waals surface area (Å²) in [4.78, 5) is 0. The van der Waals surface area contributed by atoms with Gasteiger partial charge in [-0.3, -0.25) is 0 Å². The van der Waals surface area contributed by atoms with Crippen molar-refractivity contribution in [3.05, 3.63) is 35.4 Å². The third-order valence-corrected chi connectivity index (χ3v) is 4.02. The monoisotopic (exact) mass is 305 g/mol. The van der Waals surface area contributed by atoms with Crippen molar-refractivity contribution in [1.82, 2.24) is 0 Å². The van der Waals surface area contributed by atoms with Crippen molar-refractivity contribution in [3.63, 3.8) is 0 Å². The van der Waals surface area contributed by atoms with Crippen LogP contribution in [0.4, 0.5) is 0 Å². The lowest BCUT2D eigenvalue weighted by molar-refractivity contribution is 0.0722. The first kappa shape index (κ1) is 19.2. The predicted molar refractivity (Wildman–Crippen MR) is 93.4 cm³/mol. The van der Waals surface area contributed by atoms with Crippen LogP contribution in [0, 0.1) is 6.07 Å². The highest BCUT2D eigenvalue weighted by Crippen LogP contribution is 2.14. The normalized spacial score (nSPS) is 11.0. The summed E-state index contributed by atoms with van der Waals surface area (Å²) in [5.41, 5.74) is 2.78. The highest BCUT2D eigenvalue weighted by molar-refractivity contribution is 5.26. The molecule has 0 aliphatic rings. The molecule has 0 unspecified atom stereocenters. The second-order valence-corrected chi connectivity index (χ2v) is 5.90. The molecule has 0 saturated carbocycles. The molecule has 0 aliphatic carbocycles. The van der Waals surface area contributed by atoms with Crippen LogP contribution in [0.2, 0.25) is 0 Å². The third kappa shape index (κ3) is 9.22. The highest BCUT2D eigenvalue weighted by atomic mass is 16.5. The van der Waals surface area contributed by atoms with Gasteiger partial charge in [-0.15, -0.1) is 0 Å². The van der Waals surface area contributed by atoms with E-state index in [-0.39, 0.29) is 0 Å². The van der Waals surface area contributed by atoms with Gasteiger partial charge in [0, 0.05) is 7.11 Å². The molecular formula is C20H33O2. The number of hydrogen-bond acceptors (Lipinski definition) is 2. The van der Waals surface area contributed by atoms with Gasteiger partial charge in [0.1, 0.15) is 0 Å². The molecule has 2 nitrogen and oxygen atoms in total. The Balaban J connectivity index is 2.19. The topological polar surface area (TPSA) is 18.5 Å². The molecule has 0 aromatic heterocycles. The van der Waals surface area contributed by atoms with Gasteiger partial charge in [-0.1, -0.05) is 63.6 Å². The lowest BCUT2D eigenvalue weighted by Gasteiger charge is -2.09. The Kier molecular flexibility index (Phi) is 12.0. The largest absolute Gasteiger partial charge is 0.382 e. The van der Waals surface area contributed by atoms with Crippen LogP contribution in [-0.2, 0) is 22.3 Å². The van der Waals surface area contributed by atoms with Gasteiger partial charge in [-0.2, -0.15) is 0 Å². The summed E-state index contributed by atoms with van der Waals surface area (Å²) in [6.45, 7) is 4.39. The Morgan fingerprint density at radius 1 is 0.909 bits per heavy atom. The van der Waals surface area contributed by atoms with Crippen LogP contribution < -0.4 is 0 Å². The van der Waals surface area contributed by atoms with E-state index in [4.69, 9.17) is 9.47 Å². The van der Waals surface area contributed by atoms with E-state index in [0.717, 1.165) is 19.4 Å². The molecule has 1 aromatic carbocycles. The molecule has 0 aliphatic heterocycles. The standard InChI is InChI=1S/C20H33O2/c1-3-4-5-6-7-8-9-12-19-13-10-11-14-20(19)15-16-22-18-17-21-2/h10-11,14H,3-9,12,15-18H2,1-2H3. The summed E-state index contributed by atoms with van der Waals surface area (Å²) in [5.74, 6) is 0. The van der Waals surface area contributed by atoms with Crippen molar-refractivity contribution in [2.45, 2.75) is 64.7 Å². The Bertz CT molecular complexity index is 362. The minimum absolute atomic E-state index is 0.672. The fraction of sp³-hybridized carbons (Fsp3) is 0.700.